The summed E-state index contributed by atoms with van der Waals surface area (Å²) in [5, 5.41) is 6.10. The number of methoxy groups -OCH3 is 1. The number of hydrogen-bond acceptors (Lipinski definition) is 4. The molecule has 0 bridgehead atoms. The number of hydrogen-bond donors (Lipinski definition) is 2. The van der Waals surface area contributed by atoms with Crippen molar-refractivity contribution in [1.82, 2.24) is 4.98 Å². The van der Waals surface area contributed by atoms with E-state index in [4.69, 9.17) is 10.5 Å². The molecule has 1 aliphatic rings. The SMILES string of the molecule is COCc1nc(CN=C(N)Nc2ccc3c(c2)CCC3)cs1. The number of rotatable bonds is 5. The van der Waals surface area contributed by atoms with Gasteiger partial charge in [-0.1, -0.05) is 6.07 Å². The van der Waals surface area contributed by atoms with E-state index in [1.165, 1.54) is 24.0 Å². The number of thiazole rings is 1. The third kappa shape index (κ3) is 3.64. The van der Waals surface area contributed by atoms with Crippen LogP contribution in [0.5, 0.6) is 0 Å². The fourth-order valence-electron chi connectivity index (χ4n) is 2.61. The number of guanidine groups is 1. The van der Waals surface area contributed by atoms with Crippen molar-refractivity contribution >= 4 is 23.0 Å². The van der Waals surface area contributed by atoms with Crippen LogP contribution in [0.1, 0.15) is 28.2 Å². The lowest BCUT2D eigenvalue weighted by atomic mass is 10.1. The molecule has 22 heavy (non-hydrogen) atoms. The second kappa shape index (κ2) is 6.89. The highest BCUT2D eigenvalue weighted by molar-refractivity contribution is 7.09. The lowest BCUT2D eigenvalue weighted by Crippen LogP contribution is -2.22. The van der Waals surface area contributed by atoms with Crippen molar-refractivity contribution in [2.75, 3.05) is 12.4 Å². The van der Waals surface area contributed by atoms with Crippen molar-refractivity contribution < 1.29 is 4.74 Å². The van der Waals surface area contributed by atoms with Gasteiger partial charge in [0, 0.05) is 18.2 Å². The van der Waals surface area contributed by atoms with E-state index in [0.29, 0.717) is 19.1 Å². The molecule has 0 spiro atoms. The number of anilines is 1. The number of nitrogens with one attached hydrogen (secondary N) is 1. The Kier molecular flexibility index (Phi) is 4.70. The van der Waals surface area contributed by atoms with Crippen molar-refractivity contribution in [3.8, 4) is 0 Å². The minimum Gasteiger partial charge on any atom is -0.378 e. The van der Waals surface area contributed by atoms with Crippen molar-refractivity contribution in [3.05, 3.63) is 45.4 Å². The van der Waals surface area contributed by atoms with E-state index in [1.807, 2.05) is 5.38 Å². The molecule has 1 aromatic heterocycles. The van der Waals surface area contributed by atoms with Crippen LogP contribution in [0.3, 0.4) is 0 Å². The first-order chi connectivity index (χ1) is 10.7. The summed E-state index contributed by atoms with van der Waals surface area (Å²) in [6, 6.07) is 6.41. The second-order valence-corrected chi connectivity index (χ2v) is 6.27. The molecule has 0 saturated heterocycles. The summed E-state index contributed by atoms with van der Waals surface area (Å²) >= 11 is 1.58. The lowest BCUT2D eigenvalue weighted by molar-refractivity contribution is 0.184. The molecule has 1 aliphatic carbocycles. The van der Waals surface area contributed by atoms with Crippen LogP contribution in [0.4, 0.5) is 5.69 Å². The molecule has 3 N–H and O–H groups in total. The van der Waals surface area contributed by atoms with Gasteiger partial charge < -0.3 is 15.8 Å². The van der Waals surface area contributed by atoms with E-state index in [1.54, 1.807) is 18.4 Å². The van der Waals surface area contributed by atoms with Crippen LogP contribution >= 0.6 is 11.3 Å². The van der Waals surface area contributed by atoms with Gasteiger partial charge in [0.1, 0.15) is 5.01 Å². The van der Waals surface area contributed by atoms with E-state index in [9.17, 15) is 0 Å². The van der Waals surface area contributed by atoms with Gasteiger partial charge in [-0.15, -0.1) is 11.3 Å². The summed E-state index contributed by atoms with van der Waals surface area (Å²) in [7, 11) is 1.66. The predicted molar refractivity (Wildman–Crippen MR) is 90.2 cm³/mol. The highest BCUT2D eigenvalue weighted by Gasteiger charge is 2.10. The highest BCUT2D eigenvalue weighted by Crippen LogP contribution is 2.24. The van der Waals surface area contributed by atoms with Crippen LogP contribution in [-0.2, 0) is 30.7 Å². The molecule has 0 fully saturated rings. The largest absolute Gasteiger partial charge is 0.378 e. The molecular weight excluding hydrogens is 296 g/mol. The quantitative estimate of drug-likeness (QED) is 0.657. The summed E-state index contributed by atoms with van der Waals surface area (Å²) in [6.07, 6.45) is 3.59. The minimum atomic E-state index is 0.416. The highest BCUT2D eigenvalue weighted by atomic mass is 32.1. The summed E-state index contributed by atoms with van der Waals surface area (Å²) in [5.41, 5.74) is 10.7. The summed E-state index contributed by atoms with van der Waals surface area (Å²) in [5.74, 6) is 0.416. The third-order valence-corrected chi connectivity index (χ3v) is 4.52. The maximum Gasteiger partial charge on any atom is 0.193 e. The molecule has 5 nitrogen and oxygen atoms in total. The van der Waals surface area contributed by atoms with E-state index in [2.05, 4.69) is 33.5 Å². The Morgan fingerprint density at radius 3 is 3.14 bits per heavy atom. The Morgan fingerprint density at radius 1 is 1.41 bits per heavy atom. The number of nitrogens with zero attached hydrogens (tertiary/aromatic N) is 2. The monoisotopic (exact) mass is 316 g/mol. The summed E-state index contributed by atoms with van der Waals surface area (Å²) in [6.45, 7) is 1.02. The Balaban J connectivity index is 1.59. The first kappa shape index (κ1) is 15.0. The molecule has 116 valence electrons. The van der Waals surface area contributed by atoms with Crippen LogP contribution in [0.25, 0.3) is 0 Å². The summed E-state index contributed by atoms with van der Waals surface area (Å²) < 4.78 is 5.06. The zero-order valence-corrected chi connectivity index (χ0v) is 13.4. The molecular formula is C16H20N4OS. The number of nitrogens with two attached hydrogens (primary N) is 1. The number of fused-ring (bicyclic) bond motifs is 1. The van der Waals surface area contributed by atoms with Gasteiger partial charge >= 0.3 is 0 Å². The Bertz CT molecular complexity index is 681. The maximum atomic E-state index is 5.95. The van der Waals surface area contributed by atoms with Crippen molar-refractivity contribution in [1.29, 1.82) is 0 Å². The van der Waals surface area contributed by atoms with E-state index >= 15 is 0 Å². The zero-order chi connectivity index (χ0) is 15.4. The molecule has 0 unspecified atom stereocenters. The average Bonchev–Trinajstić information content (AvgIpc) is 3.14. The van der Waals surface area contributed by atoms with Gasteiger partial charge in [-0.25, -0.2) is 9.98 Å². The van der Waals surface area contributed by atoms with Gasteiger partial charge in [0.05, 0.1) is 18.8 Å². The second-order valence-electron chi connectivity index (χ2n) is 5.33. The first-order valence-corrected chi connectivity index (χ1v) is 8.23. The number of benzene rings is 1. The van der Waals surface area contributed by atoms with Gasteiger partial charge in [-0.3, -0.25) is 0 Å². The molecule has 1 aromatic carbocycles. The number of aryl methyl sites for hydroxylation is 2. The summed E-state index contributed by atoms with van der Waals surface area (Å²) in [4.78, 5) is 8.77. The lowest BCUT2D eigenvalue weighted by Gasteiger charge is -2.07. The van der Waals surface area contributed by atoms with Crippen LogP contribution < -0.4 is 11.1 Å². The van der Waals surface area contributed by atoms with Gasteiger partial charge in [-0.2, -0.15) is 0 Å². The average molecular weight is 316 g/mol. The molecule has 0 atom stereocenters. The van der Waals surface area contributed by atoms with Crippen LogP contribution in [0, 0.1) is 0 Å². The smallest absolute Gasteiger partial charge is 0.193 e. The Morgan fingerprint density at radius 2 is 2.27 bits per heavy atom. The van der Waals surface area contributed by atoms with Crippen LogP contribution in [-0.4, -0.2) is 18.1 Å². The van der Waals surface area contributed by atoms with Gasteiger partial charge in [0.15, 0.2) is 5.96 Å². The molecule has 0 aliphatic heterocycles. The molecule has 3 rings (SSSR count). The van der Waals surface area contributed by atoms with Crippen molar-refractivity contribution in [2.45, 2.75) is 32.4 Å². The van der Waals surface area contributed by atoms with Crippen LogP contribution in [0.15, 0.2) is 28.6 Å². The topological polar surface area (TPSA) is 72.5 Å². The van der Waals surface area contributed by atoms with Crippen LogP contribution in [0.2, 0.25) is 0 Å². The number of aliphatic imine (C=N–C) groups is 1. The van der Waals surface area contributed by atoms with Crippen molar-refractivity contribution in [3.63, 3.8) is 0 Å². The molecule has 0 radical (unpaired) electrons. The van der Waals surface area contributed by atoms with Gasteiger partial charge in [0.2, 0.25) is 0 Å². The molecule has 6 heteroatoms. The van der Waals surface area contributed by atoms with E-state index in [0.717, 1.165) is 22.8 Å². The zero-order valence-electron chi connectivity index (χ0n) is 12.6. The fourth-order valence-corrected chi connectivity index (χ4v) is 3.37. The first-order valence-electron chi connectivity index (χ1n) is 7.35. The van der Waals surface area contributed by atoms with Gasteiger partial charge in [-0.05, 0) is 42.5 Å². The predicted octanol–water partition coefficient (Wildman–Crippen LogP) is 2.71. The minimum absolute atomic E-state index is 0.416. The van der Waals surface area contributed by atoms with E-state index in [-0.39, 0.29) is 0 Å². The molecule has 0 saturated carbocycles. The molecule has 1 heterocycles. The molecule has 0 amide bonds. The van der Waals surface area contributed by atoms with Gasteiger partial charge in [0.25, 0.3) is 0 Å². The maximum absolute atomic E-state index is 5.95. The fraction of sp³-hybridized carbons (Fsp3) is 0.375. The normalized spacial score (nSPS) is 14.1. The molecule has 2 aromatic rings. The number of ether oxygens (including phenoxy) is 1. The third-order valence-electron chi connectivity index (χ3n) is 3.65. The number of aromatic nitrogens is 1. The Hall–Kier alpha value is -1.92. The Labute approximate surface area is 134 Å². The van der Waals surface area contributed by atoms with Crippen molar-refractivity contribution in [2.24, 2.45) is 10.7 Å². The standard InChI is InChI=1S/C16H20N4OS/c1-21-9-15-19-14(10-22-15)8-18-16(17)20-13-6-5-11-3-2-4-12(11)7-13/h5-7,10H,2-4,8-9H2,1H3,(H3,17,18,20). The van der Waals surface area contributed by atoms with E-state index < -0.39 is 0 Å².